The molecule has 1 aliphatic heterocycles. The van der Waals surface area contributed by atoms with Gasteiger partial charge >= 0.3 is 0 Å². The summed E-state index contributed by atoms with van der Waals surface area (Å²) in [6.45, 7) is 15.2. The highest BCUT2D eigenvalue weighted by Crippen LogP contribution is 2.44. The maximum atomic E-state index is 6.28. The van der Waals surface area contributed by atoms with Gasteiger partial charge in [0.2, 0.25) is 0 Å². The highest BCUT2D eigenvalue weighted by Gasteiger charge is 2.20. The van der Waals surface area contributed by atoms with Crippen LogP contribution in [0.1, 0.15) is 47.1 Å². The molecule has 148 valence electrons. The van der Waals surface area contributed by atoms with Crippen LogP contribution in [0.5, 0.6) is 11.5 Å². The van der Waals surface area contributed by atoms with Gasteiger partial charge in [-0.2, -0.15) is 0 Å². The molecule has 0 spiro atoms. The number of hydrogen-bond donors (Lipinski definition) is 1. The summed E-state index contributed by atoms with van der Waals surface area (Å²) in [5, 5.41) is 0.725. The summed E-state index contributed by atoms with van der Waals surface area (Å²) in [6.07, 6.45) is 0. The van der Waals surface area contributed by atoms with Crippen molar-refractivity contribution in [2.24, 2.45) is 5.73 Å². The first kappa shape index (κ1) is 26.5. The molecular weight excluding hydrogens is 346 g/mol. The van der Waals surface area contributed by atoms with E-state index in [1.165, 1.54) is 7.05 Å². The van der Waals surface area contributed by atoms with Crippen LogP contribution in [0, 0.1) is 6.92 Å². The molecule has 0 saturated carbocycles. The smallest absolute Gasteiger partial charge is 0.169 e. The van der Waals surface area contributed by atoms with Crippen LogP contribution < -0.4 is 15.2 Å². The first-order chi connectivity index (χ1) is 12.8. The van der Waals surface area contributed by atoms with Gasteiger partial charge in [0.15, 0.2) is 11.5 Å². The predicted molar refractivity (Wildman–Crippen MR) is 117 cm³/mol. The largest absolute Gasteiger partial charge is 0.486 e. The lowest BCUT2D eigenvalue weighted by molar-refractivity contribution is 0.172. The second-order valence-corrected chi connectivity index (χ2v) is 4.67. The van der Waals surface area contributed by atoms with Crippen molar-refractivity contribution >= 4 is 11.6 Å². The van der Waals surface area contributed by atoms with Crippen LogP contribution in [0.15, 0.2) is 36.4 Å². The van der Waals surface area contributed by atoms with E-state index in [0.29, 0.717) is 13.2 Å². The molecule has 0 fully saturated rings. The van der Waals surface area contributed by atoms with Gasteiger partial charge in [-0.15, -0.1) is 0 Å². The Morgan fingerprint density at radius 2 is 1.35 bits per heavy atom. The number of hydrogen-bond acceptors (Lipinski definition) is 3. The fourth-order valence-electron chi connectivity index (χ4n) is 2.21. The summed E-state index contributed by atoms with van der Waals surface area (Å²) in [5.41, 5.74) is 7.64. The zero-order chi connectivity index (χ0) is 20.5. The van der Waals surface area contributed by atoms with Crippen LogP contribution in [-0.4, -0.2) is 20.3 Å². The third kappa shape index (κ3) is 7.27. The van der Waals surface area contributed by atoms with E-state index in [4.69, 9.17) is 21.1 Å². The second-order valence-electron chi connectivity index (χ2n) is 4.26. The molecule has 26 heavy (non-hydrogen) atoms. The Balaban J connectivity index is 0. The van der Waals surface area contributed by atoms with Gasteiger partial charge < -0.3 is 15.2 Å². The van der Waals surface area contributed by atoms with E-state index in [1.54, 1.807) is 0 Å². The summed E-state index contributed by atoms with van der Waals surface area (Å²) in [7, 11) is 1.50. The summed E-state index contributed by atoms with van der Waals surface area (Å²) < 4.78 is 11.4. The maximum Gasteiger partial charge on any atom is 0.169 e. The molecule has 0 aromatic heterocycles. The molecule has 2 N–H and O–H groups in total. The minimum atomic E-state index is 0.577. The molecule has 0 unspecified atom stereocenters. The van der Waals surface area contributed by atoms with Crippen LogP contribution in [0.25, 0.3) is 11.1 Å². The van der Waals surface area contributed by atoms with Gasteiger partial charge in [0, 0.05) is 16.1 Å². The van der Waals surface area contributed by atoms with Crippen LogP contribution in [0.2, 0.25) is 5.02 Å². The summed E-state index contributed by atoms with van der Waals surface area (Å²) in [4.78, 5) is 0. The highest BCUT2D eigenvalue weighted by molar-refractivity contribution is 6.33. The topological polar surface area (TPSA) is 44.5 Å². The number of halogens is 1. The highest BCUT2D eigenvalue weighted by atomic mass is 35.5. The van der Waals surface area contributed by atoms with Crippen LogP contribution >= 0.6 is 11.6 Å². The first-order valence-electron chi connectivity index (χ1n) is 9.49. The molecule has 0 bridgehead atoms. The SMILES string of the molecule is CC.CC.CC.CN.Cc1ccc2c(c1-c1ccccc1Cl)OCCO2. The predicted octanol–water partition coefficient (Wildman–Crippen LogP) is 6.74. The van der Waals surface area contributed by atoms with Crippen molar-refractivity contribution in [3.8, 4) is 22.6 Å². The van der Waals surface area contributed by atoms with E-state index in [0.717, 1.165) is 33.2 Å². The Bertz CT molecular complexity index is 601. The van der Waals surface area contributed by atoms with Gasteiger partial charge in [-0.3, -0.25) is 0 Å². The number of ether oxygens (including phenoxy) is 2. The van der Waals surface area contributed by atoms with Crippen LogP contribution in [-0.2, 0) is 0 Å². The van der Waals surface area contributed by atoms with Gasteiger partial charge in [-0.25, -0.2) is 0 Å². The molecule has 0 amide bonds. The maximum absolute atomic E-state index is 6.28. The third-order valence-corrected chi connectivity index (χ3v) is 3.39. The van der Waals surface area contributed by atoms with Gasteiger partial charge in [-0.05, 0) is 31.7 Å². The minimum Gasteiger partial charge on any atom is -0.486 e. The van der Waals surface area contributed by atoms with Crippen LogP contribution in [0.4, 0.5) is 0 Å². The zero-order valence-corrected chi connectivity index (χ0v) is 18.4. The summed E-state index contributed by atoms with van der Waals surface area (Å²) in [5.74, 6) is 1.59. The standard InChI is InChI=1S/C15H13ClO2.3C2H6.CH5N/c1-10-6-7-13-15(18-9-8-17-13)14(10)11-4-2-3-5-12(11)16;4*1-2/h2-7H,8-9H2,1H3;3*1-2H3;2H2,1H3. The average Bonchev–Trinajstić information content (AvgIpc) is 2.75. The van der Waals surface area contributed by atoms with Crippen molar-refractivity contribution in [2.75, 3.05) is 20.3 Å². The lowest BCUT2D eigenvalue weighted by Crippen LogP contribution is -2.16. The quantitative estimate of drug-likeness (QED) is 0.594. The van der Waals surface area contributed by atoms with Crippen molar-refractivity contribution in [3.63, 3.8) is 0 Å². The third-order valence-electron chi connectivity index (χ3n) is 3.06. The lowest BCUT2D eigenvalue weighted by atomic mass is 9.98. The zero-order valence-electron chi connectivity index (χ0n) is 17.7. The molecule has 1 aliphatic rings. The number of fused-ring (bicyclic) bond motifs is 1. The molecule has 3 rings (SSSR count). The van der Waals surface area contributed by atoms with Crippen LogP contribution in [0.3, 0.4) is 0 Å². The van der Waals surface area contributed by atoms with Crippen molar-refractivity contribution in [1.29, 1.82) is 0 Å². The molecule has 0 radical (unpaired) electrons. The Kier molecular flexibility index (Phi) is 17.1. The molecule has 0 aliphatic carbocycles. The molecule has 4 heteroatoms. The number of nitrogens with two attached hydrogens (primary N) is 1. The van der Waals surface area contributed by atoms with Gasteiger partial charge in [0.1, 0.15) is 13.2 Å². The second kappa shape index (κ2) is 16.7. The monoisotopic (exact) mass is 381 g/mol. The molecular formula is C22H36ClNO2. The van der Waals surface area contributed by atoms with Gasteiger partial charge in [-0.1, -0.05) is 77.4 Å². The summed E-state index contributed by atoms with van der Waals surface area (Å²) >= 11 is 6.28. The Morgan fingerprint density at radius 3 is 1.92 bits per heavy atom. The van der Waals surface area contributed by atoms with Crippen molar-refractivity contribution in [3.05, 3.63) is 47.0 Å². The first-order valence-corrected chi connectivity index (χ1v) is 9.87. The molecule has 2 aromatic rings. The van der Waals surface area contributed by atoms with Crippen molar-refractivity contribution in [1.82, 2.24) is 0 Å². The fourth-order valence-corrected chi connectivity index (χ4v) is 2.44. The normalized spacial score (nSPS) is 10.2. The van der Waals surface area contributed by atoms with E-state index >= 15 is 0 Å². The van der Waals surface area contributed by atoms with Crippen molar-refractivity contribution < 1.29 is 9.47 Å². The Hall–Kier alpha value is -1.71. The number of rotatable bonds is 1. The molecule has 2 aromatic carbocycles. The van der Waals surface area contributed by atoms with E-state index in [1.807, 2.05) is 77.9 Å². The lowest BCUT2D eigenvalue weighted by Gasteiger charge is -2.22. The molecule has 0 atom stereocenters. The average molecular weight is 382 g/mol. The van der Waals surface area contributed by atoms with E-state index < -0.39 is 0 Å². The van der Waals surface area contributed by atoms with Crippen molar-refractivity contribution in [2.45, 2.75) is 48.5 Å². The Labute approximate surface area is 165 Å². The molecule has 1 heterocycles. The summed E-state index contributed by atoms with van der Waals surface area (Å²) in [6, 6.07) is 11.8. The Morgan fingerprint density at radius 1 is 0.808 bits per heavy atom. The number of aryl methyl sites for hydroxylation is 1. The molecule has 0 saturated heterocycles. The molecule has 3 nitrogen and oxygen atoms in total. The number of benzene rings is 2. The van der Waals surface area contributed by atoms with E-state index in [2.05, 4.69) is 12.7 Å². The van der Waals surface area contributed by atoms with Gasteiger partial charge in [0.25, 0.3) is 0 Å². The van der Waals surface area contributed by atoms with E-state index in [9.17, 15) is 0 Å². The van der Waals surface area contributed by atoms with Gasteiger partial charge in [0.05, 0.1) is 0 Å². The minimum absolute atomic E-state index is 0.577. The fraction of sp³-hybridized carbons (Fsp3) is 0.455. The van der Waals surface area contributed by atoms with E-state index in [-0.39, 0.29) is 0 Å².